The second-order valence-electron chi connectivity index (χ2n) is 4.37. The molecule has 0 radical (unpaired) electrons. The zero-order chi connectivity index (χ0) is 13.8. The van der Waals surface area contributed by atoms with Crippen molar-refractivity contribution in [3.05, 3.63) is 0 Å². The molecule has 2 atom stereocenters. The van der Waals surface area contributed by atoms with Gasteiger partial charge in [0, 0.05) is 6.04 Å². The van der Waals surface area contributed by atoms with Gasteiger partial charge in [0.1, 0.15) is 5.25 Å². The molecule has 0 rings (SSSR count). The predicted octanol–water partition coefficient (Wildman–Crippen LogP) is 0.0350. The standard InChI is InChI=1S/C10H19NO5S/c1-6(2)11-9(12)8(4)17(15,16)5-7(3)10(13)14/h6-8H,5H2,1-4H3,(H,11,12)(H,13,14). The van der Waals surface area contributed by atoms with Gasteiger partial charge in [0.15, 0.2) is 9.84 Å². The monoisotopic (exact) mass is 265 g/mol. The van der Waals surface area contributed by atoms with Crippen LogP contribution < -0.4 is 5.32 Å². The smallest absolute Gasteiger partial charge is 0.307 e. The third-order valence-electron chi connectivity index (χ3n) is 2.24. The Morgan fingerprint density at radius 1 is 1.18 bits per heavy atom. The lowest BCUT2D eigenvalue weighted by molar-refractivity contribution is -0.140. The van der Waals surface area contributed by atoms with Crippen molar-refractivity contribution in [2.45, 2.75) is 39.0 Å². The minimum atomic E-state index is -3.74. The van der Waals surface area contributed by atoms with Crippen LogP contribution in [0, 0.1) is 5.92 Å². The number of hydrogen-bond donors (Lipinski definition) is 2. The van der Waals surface area contributed by atoms with Crippen molar-refractivity contribution in [2.75, 3.05) is 5.75 Å². The van der Waals surface area contributed by atoms with Gasteiger partial charge in [0.05, 0.1) is 11.7 Å². The van der Waals surface area contributed by atoms with Crippen LogP contribution in [0.15, 0.2) is 0 Å². The molecule has 100 valence electrons. The topological polar surface area (TPSA) is 101 Å². The number of carbonyl (C=O) groups excluding carboxylic acids is 1. The molecule has 0 fully saturated rings. The Morgan fingerprint density at radius 2 is 1.65 bits per heavy atom. The number of amides is 1. The average Bonchev–Trinajstić information content (AvgIpc) is 2.14. The summed E-state index contributed by atoms with van der Waals surface area (Å²) in [4.78, 5) is 22.1. The first-order chi connectivity index (χ1) is 7.58. The molecule has 17 heavy (non-hydrogen) atoms. The third-order valence-corrected chi connectivity index (χ3v) is 4.50. The first-order valence-corrected chi connectivity index (χ1v) is 7.04. The molecule has 2 unspecified atom stereocenters. The molecule has 0 heterocycles. The van der Waals surface area contributed by atoms with E-state index < -0.39 is 38.6 Å². The minimum absolute atomic E-state index is 0.156. The van der Waals surface area contributed by atoms with Gasteiger partial charge in [-0.1, -0.05) is 6.92 Å². The minimum Gasteiger partial charge on any atom is -0.481 e. The van der Waals surface area contributed by atoms with Crippen LogP contribution in [0.25, 0.3) is 0 Å². The van der Waals surface area contributed by atoms with Gasteiger partial charge in [-0.2, -0.15) is 0 Å². The summed E-state index contributed by atoms with van der Waals surface area (Å²) in [6.07, 6.45) is 0. The summed E-state index contributed by atoms with van der Waals surface area (Å²) in [6, 6.07) is -0.156. The van der Waals surface area contributed by atoms with Crippen LogP contribution in [0.1, 0.15) is 27.7 Å². The fourth-order valence-corrected chi connectivity index (χ4v) is 2.65. The van der Waals surface area contributed by atoms with Gasteiger partial charge >= 0.3 is 5.97 Å². The molecule has 0 saturated heterocycles. The van der Waals surface area contributed by atoms with Crippen molar-refractivity contribution in [3.8, 4) is 0 Å². The fourth-order valence-electron chi connectivity index (χ4n) is 1.13. The Hall–Kier alpha value is -1.11. The van der Waals surface area contributed by atoms with Crippen LogP contribution in [0.4, 0.5) is 0 Å². The quantitative estimate of drug-likeness (QED) is 0.706. The lowest BCUT2D eigenvalue weighted by Crippen LogP contribution is -2.43. The Labute approximate surface area is 101 Å². The van der Waals surface area contributed by atoms with Gasteiger partial charge < -0.3 is 10.4 Å². The molecule has 0 spiro atoms. The Bertz CT molecular complexity index is 388. The van der Waals surface area contributed by atoms with E-state index >= 15 is 0 Å². The summed E-state index contributed by atoms with van der Waals surface area (Å²) in [6.45, 7) is 6.00. The van der Waals surface area contributed by atoms with Crippen molar-refractivity contribution < 1.29 is 23.1 Å². The van der Waals surface area contributed by atoms with Gasteiger partial charge in [0.2, 0.25) is 5.91 Å². The van der Waals surface area contributed by atoms with E-state index in [0.29, 0.717) is 0 Å². The van der Waals surface area contributed by atoms with Crippen LogP contribution in [0.3, 0.4) is 0 Å². The summed E-state index contributed by atoms with van der Waals surface area (Å²) < 4.78 is 23.5. The number of carboxylic acid groups (broad SMARTS) is 1. The molecule has 0 bridgehead atoms. The predicted molar refractivity (Wildman–Crippen MR) is 63.3 cm³/mol. The fraction of sp³-hybridized carbons (Fsp3) is 0.800. The van der Waals surface area contributed by atoms with E-state index in [1.807, 2.05) is 0 Å². The van der Waals surface area contributed by atoms with E-state index in [1.165, 1.54) is 13.8 Å². The number of carbonyl (C=O) groups is 2. The van der Waals surface area contributed by atoms with Crippen LogP contribution in [-0.2, 0) is 19.4 Å². The molecular formula is C10H19NO5S. The van der Waals surface area contributed by atoms with Crippen LogP contribution in [-0.4, -0.2) is 42.4 Å². The van der Waals surface area contributed by atoms with Gasteiger partial charge in [-0.3, -0.25) is 9.59 Å². The Kier molecular flexibility index (Phi) is 5.60. The Balaban J connectivity index is 4.71. The molecule has 0 aliphatic carbocycles. The first kappa shape index (κ1) is 15.9. The van der Waals surface area contributed by atoms with Crippen molar-refractivity contribution in [1.29, 1.82) is 0 Å². The molecule has 0 aliphatic rings. The van der Waals surface area contributed by atoms with Crippen molar-refractivity contribution in [3.63, 3.8) is 0 Å². The molecule has 7 heteroatoms. The highest BCUT2D eigenvalue weighted by molar-refractivity contribution is 7.92. The van der Waals surface area contributed by atoms with E-state index in [1.54, 1.807) is 13.8 Å². The highest BCUT2D eigenvalue weighted by Gasteiger charge is 2.31. The van der Waals surface area contributed by atoms with Gasteiger partial charge in [-0.25, -0.2) is 8.42 Å². The van der Waals surface area contributed by atoms with E-state index in [9.17, 15) is 18.0 Å². The highest BCUT2D eigenvalue weighted by atomic mass is 32.2. The maximum Gasteiger partial charge on any atom is 0.307 e. The summed E-state index contributed by atoms with van der Waals surface area (Å²) in [5.74, 6) is -3.34. The normalized spacial score (nSPS) is 15.4. The van der Waals surface area contributed by atoms with E-state index in [0.717, 1.165) is 0 Å². The lowest BCUT2D eigenvalue weighted by atomic mass is 10.2. The Morgan fingerprint density at radius 3 is 2.00 bits per heavy atom. The summed E-state index contributed by atoms with van der Waals surface area (Å²) in [5.41, 5.74) is 0. The number of aliphatic carboxylic acids is 1. The van der Waals surface area contributed by atoms with Gasteiger partial charge in [-0.05, 0) is 20.8 Å². The van der Waals surface area contributed by atoms with Crippen LogP contribution >= 0.6 is 0 Å². The van der Waals surface area contributed by atoms with E-state index in [4.69, 9.17) is 5.11 Å². The number of rotatable bonds is 6. The summed E-state index contributed by atoms with van der Waals surface area (Å²) in [7, 11) is -3.74. The molecule has 6 nitrogen and oxygen atoms in total. The summed E-state index contributed by atoms with van der Waals surface area (Å²) >= 11 is 0. The molecule has 0 aliphatic heterocycles. The van der Waals surface area contributed by atoms with Crippen molar-refractivity contribution in [1.82, 2.24) is 5.32 Å². The molecule has 0 saturated carbocycles. The zero-order valence-corrected chi connectivity index (χ0v) is 11.2. The number of nitrogens with one attached hydrogen (secondary N) is 1. The molecule has 0 aromatic heterocycles. The second-order valence-corrected chi connectivity index (χ2v) is 6.74. The molecule has 2 N–H and O–H groups in total. The van der Waals surface area contributed by atoms with E-state index in [-0.39, 0.29) is 6.04 Å². The summed E-state index contributed by atoms with van der Waals surface area (Å²) in [5, 5.41) is 9.90. The van der Waals surface area contributed by atoms with Gasteiger partial charge in [0.25, 0.3) is 0 Å². The van der Waals surface area contributed by atoms with Crippen molar-refractivity contribution in [2.24, 2.45) is 5.92 Å². The maximum absolute atomic E-state index is 11.7. The average molecular weight is 265 g/mol. The number of carboxylic acids is 1. The largest absolute Gasteiger partial charge is 0.481 e. The van der Waals surface area contributed by atoms with Crippen molar-refractivity contribution >= 4 is 21.7 Å². The van der Waals surface area contributed by atoms with Gasteiger partial charge in [-0.15, -0.1) is 0 Å². The number of hydrogen-bond acceptors (Lipinski definition) is 4. The molecule has 1 amide bonds. The third kappa shape index (κ3) is 5.16. The second kappa shape index (κ2) is 6.00. The van der Waals surface area contributed by atoms with E-state index in [2.05, 4.69) is 5.32 Å². The molecular weight excluding hydrogens is 246 g/mol. The maximum atomic E-state index is 11.7. The molecule has 0 aromatic carbocycles. The van der Waals surface area contributed by atoms with Crippen LogP contribution in [0.2, 0.25) is 0 Å². The van der Waals surface area contributed by atoms with Crippen LogP contribution in [0.5, 0.6) is 0 Å². The zero-order valence-electron chi connectivity index (χ0n) is 10.4. The number of sulfone groups is 1. The highest BCUT2D eigenvalue weighted by Crippen LogP contribution is 2.09. The SMILES string of the molecule is CC(C)NC(=O)C(C)S(=O)(=O)CC(C)C(=O)O. The lowest BCUT2D eigenvalue weighted by Gasteiger charge is -2.16. The first-order valence-electron chi connectivity index (χ1n) is 5.32. The molecule has 0 aromatic rings.